The summed E-state index contributed by atoms with van der Waals surface area (Å²) in [6.07, 6.45) is 6.47. The van der Waals surface area contributed by atoms with Gasteiger partial charge in [-0.2, -0.15) is 0 Å². The van der Waals surface area contributed by atoms with Crippen molar-refractivity contribution in [1.29, 1.82) is 0 Å². The summed E-state index contributed by atoms with van der Waals surface area (Å²) in [5.74, 6) is 0. The smallest absolute Gasteiger partial charge is 0.0642 e. The first-order valence-electron chi connectivity index (χ1n) is 8.39. The van der Waals surface area contributed by atoms with Crippen molar-refractivity contribution in [3.63, 3.8) is 0 Å². The Kier molecular flexibility index (Phi) is 4.51. The van der Waals surface area contributed by atoms with Crippen molar-refractivity contribution in [2.75, 3.05) is 37.7 Å². The Morgan fingerprint density at radius 3 is 2.52 bits per heavy atom. The molecule has 1 aromatic rings. The number of benzene rings is 1. The van der Waals surface area contributed by atoms with Crippen molar-refractivity contribution in [2.24, 2.45) is 5.73 Å². The second-order valence-electron chi connectivity index (χ2n) is 6.67. The highest BCUT2D eigenvalue weighted by atomic mass is 16.5. The van der Waals surface area contributed by atoms with Gasteiger partial charge in [-0.25, -0.2) is 0 Å². The molecule has 1 aliphatic heterocycles. The molecule has 0 spiro atoms. The standard InChI is InChI=1S/C18H28N2O/c1-15-5-6-16(18(14-19)7-3-2-4-8-18)17(13-15)20-9-11-21-12-10-20/h5-6,13H,2-4,7-12,14,19H2,1H3. The van der Waals surface area contributed by atoms with Crippen LogP contribution < -0.4 is 10.6 Å². The first-order valence-corrected chi connectivity index (χ1v) is 8.39. The van der Waals surface area contributed by atoms with E-state index in [0.29, 0.717) is 0 Å². The van der Waals surface area contributed by atoms with E-state index in [-0.39, 0.29) is 5.41 Å². The highest BCUT2D eigenvalue weighted by molar-refractivity contribution is 5.59. The Labute approximate surface area is 128 Å². The predicted octanol–water partition coefficient (Wildman–Crippen LogP) is 2.99. The highest BCUT2D eigenvalue weighted by Gasteiger charge is 2.35. The predicted molar refractivity (Wildman–Crippen MR) is 88.0 cm³/mol. The molecule has 1 saturated heterocycles. The maximum absolute atomic E-state index is 6.26. The second kappa shape index (κ2) is 6.37. The molecule has 0 bridgehead atoms. The van der Waals surface area contributed by atoms with Crippen molar-refractivity contribution in [3.8, 4) is 0 Å². The Morgan fingerprint density at radius 1 is 1.14 bits per heavy atom. The highest BCUT2D eigenvalue weighted by Crippen LogP contribution is 2.43. The number of hydrogen-bond donors (Lipinski definition) is 1. The minimum atomic E-state index is 0.194. The lowest BCUT2D eigenvalue weighted by molar-refractivity contribution is 0.122. The van der Waals surface area contributed by atoms with Crippen LogP contribution in [0.25, 0.3) is 0 Å². The van der Waals surface area contributed by atoms with Crippen LogP contribution in [0, 0.1) is 6.92 Å². The zero-order valence-electron chi connectivity index (χ0n) is 13.2. The number of rotatable bonds is 3. The molecule has 2 N–H and O–H groups in total. The van der Waals surface area contributed by atoms with Gasteiger partial charge in [0.15, 0.2) is 0 Å². The fourth-order valence-corrected chi connectivity index (χ4v) is 3.97. The van der Waals surface area contributed by atoms with E-state index < -0.39 is 0 Å². The first-order chi connectivity index (χ1) is 10.2. The van der Waals surface area contributed by atoms with Gasteiger partial charge in [-0.05, 0) is 37.0 Å². The SMILES string of the molecule is Cc1ccc(C2(CN)CCCCC2)c(N2CCOCC2)c1. The van der Waals surface area contributed by atoms with Crippen LogP contribution in [0.2, 0.25) is 0 Å². The van der Waals surface area contributed by atoms with Gasteiger partial charge in [0.05, 0.1) is 13.2 Å². The molecule has 1 heterocycles. The summed E-state index contributed by atoms with van der Waals surface area (Å²) in [4.78, 5) is 2.50. The number of morpholine rings is 1. The normalized spacial score (nSPS) is 22.3. The molecular formula is C18H28N2O. The van der Waals surface area contributed by atoms with Crippen LogP contribution in [-0.2, 0) is 10.2 Å². The van der Waals surface area contributed by atoms with Crippen LogP contribution in [0.1, 0.15) is 43.2 Å². The molecule has 0 radical (unpaired) electrons. The van der Waals surface area contributed by atoms with E-state index in [9.17, 15) is 0 Å². The fourth-order valence-electron chi connectivity index (χ4n) is 3.97. The third-order valence-corrected chi connectivity index (χ3v) is 5.28. The number of hydrogen-bond acceptors (Lipinski definition) is 3. The minimum Gasteiger partial charge on any atom is -0.378 e. The van der Waals surface area contributed by atoms with Crippen molar-refractivity contribution >= 4 is 5.69 Å². The molecule has 116 valence electrons. The Hall–Kier alpha value is -1.06. The maximum Gasteiger partial charge on any atom is 0.0642 e. The van der Waals surface area contributed by atoms with Gasteiger partial charge in [0.2, 0.25) is 0 Å². The topological polar surface area (TPSA) is 38.5 Å². The molecule has 2 aliphatic rings. The lowest BCUT2D eigenvalue weighted by atomic mass is 9.68. The molecule has 21 heavy (non-hydrogen) atoms. The van der Waals surface area contributed by atoms with Crippen LogP contribution in [-0.4, -0.2) is 32.8 Å². The van der Waals surface area contributed by atoms with E-state index in [1.807, 2.05) is 0 Å². The first kappa shape index (κ1) is 14.9. The van der Waals surface area contributed by atoms with E-state index in [1.54, 1.807) is 0 Å². The summed E-state index contributed by atoms with van der Waals surface area (Å²) in [6.45, 7) is 6.62. The molecule has 3 rings (SSSR count). The number of nitrogens with zero attached hydrogens (tertiary/aromatic N) is 1. The molecule has 0 atom stereocenters. The zero-order chi connectivity index (χ0) is 14.7. The van der Waals surface area contributed by atoms with Crippen molar-refractivity contribution in [1.82, 2.24) is 0 Å². The number of aryl methyl sites for hydroxylation is 1. The molecule has 0 amide bonds. The lowest BCUT2D eigenvalue weighted by Crippen LogP contribution is -2.41. The zero-order valence-corrected chi connectivity index (χ0v) is 13.2. The molecule has 1 aromatic carbocycles. The van der Waals surface area contributed by atoms with E-state index in [0.717, 1.165) is 32.8 Å². The van der Waals surface area contributed by atoms with Gasteiger partial charge in [0, 0.05) is 30.7 Å². The van der Waals surface area contributed by atoms with E-state index in [4.69, 9.17) is 10.5 Å². The van der Waals surface area contributed by atoms with Crippen LogP contribution in [0.4, 0.5) is 5.69 Å². The number of anilines is 1. The van der Waals surface area contributed by atoms with Crippen LogP contribution >= 0.6 is 0 Å². The summed E-state index contributed by atoms with van der Waals surface area (Å²) >= 11 is 0. The largest absolute Gasteiger partial charge is 0.378 e. The second-order valence-corrected chi connectivity index (χ2v) is 6.67. The van der Waals surface area contributed by atoms with Crippen molar-refractivity contribution in [3.05, 3.63) is 29.3 Å². The summed E-state index contributed by atoms with van der Waals surface area (Å²) in [5, 5.41) is 0. The molecule has 2 fully saturated rings. The Balaban J connectivity index is 2.00. The van der Waals surface area contributed by atoms with Crippen LogP contribution in [0.15, 0.2) is 18.2 Å². The minimum absolute atomic E-state index is 0.194. The quantitative estimate of drug-likeness (QED) is 0.929. The van der Waals surface area contributed by atoms with Gasteiger partial charge in [-0.15, -0.1) is 0 Å². The van der Waals surface area contributed by atoms with Gasteiger partial charge >= 0.3 is 0 Å². The number of nitrogens with two attached hydrogens (primary N) is 1. The van der Waals surface area contributed by atoms with Crippen LogP contribution in [0.5, 0.6) is 0 Å². The van der Waals surface area contributed by atoms with Gasteiger partial charge in [0.25, 0.3) is 0 Å². The molecule has 0 unspecified atom stereocenters. The Bertz CT molecular complexity index is 474. The molecular weight excluding hydrogens is 260 g/mol. The van der Waals surface area contributed by atoms with Gasteiger partial charge in [0.1, 0.15) is 0 Å². The van der Waals surface area contributed by atoms with E-state index in [2.05, 4.69) is 30.0 Å². The molecule has 0 aromatic heterocycles. The van der Waals surface area contributed by atoms with Crippen LogP contribution in [0.3, 0.4) is 0 Å². The summed E-state index contributed by atoms with van der Waals surface area (Å²) in [7, 11) is 0. The molecule has 3 nitrogen and oxygen atoms in total. The monoisotopic (exact) mass is 288 g/mol. The molecule has 3 heteroatoms. The van der Waals surface area contributed by atoms with Gasteiger partial charge in [-0.3, -0.25) is 0 Å². The van der Waals surface area contributed by atoms with Crippen molar-refractivity contribution in [2.45, 2.75) is 44.4 Å². The Morgan fingerprint density at radius 2 is 1.86 bits per heavy atom. The van der Waals surface area contributed by atoms with Gasteiger partial charge < -0.3 is 15.4 Å². The molecule has 1 aliphatic carbocycles. The average molecular weight is 288 g/mol. The number of ether oxygens (including phenoxy) is 1. The summed E-state index contributed by atoms with van der Waals surface area (Å²) in [6, 6.07) is 6.95. The summed E-state index contributed by atoms with van der Waals surface area (Å²) < 4.78 is 5.52. The third kappa shape index (κ3) is 2.95. The molecule has 1 saturated carbocycles. The third-order valence-electron chi connectivity index (χ3n) is 5.28. The fraction of sp³-hybridized carbons (Fsp3) is 0.667. The van der Waals surface area contributed by atoms with Crippen molar-refractivity contribution < 1.29 is 4.74 Å². The average Bonchev–Trinajstić information content (AvgIpc) is 2.56. The van der Waals surface area contributed by atoms with E-state index >= 15 is 0 Å². The summed E-state index contributed by atoms with van der Waals surface area (Å²) in [5.41, 5.74) is 10.7. The maximum atomic E-state index is 6.26. The van der Waals surface area contributed by atoms with Gasteiger partial charge in [-0.1, -0.05) is 31.4 Å². The lowest BCUT2D eigenvalue weighted by Gasteiger charge is -2.41. The van der Waals surface area contributed by atoms with E-state index in [1.165, 1.54) is 48.9 Å².